The summed E-state index contributed by atoms with van der Waals surface area (Å²) in [4.78, 5) is 35.0. The summed E-state index contributed by atoms with van der Waals surface area (Å²) in [5.41, 5.74) is 0. The molecule has 0 bridgehead atoms. The zero-order valence-electron chi connectivity index (χ0n) is 21.6. The maximum Gasteiger partial charge on any atom is 0.326 e. The number of aliphatic hydroxyl groups excluding tert-OH is 3. The zero-order chi connectivity index (χ0) is 26.7. The van der Waals surface area contributed by atoms with E-state index < -0.39 is 18.0 Å². The van der Waals surface area contributed by atoms with E-state index in [1.165, 1.54) is 51.4 Å². The van der Waals surface area contributed by atoms with Crippen molar-refractivity contribution in [3.05, 3.63) is 0 Å². The van der Waals surface area contributed by atoms with Crippen molar-refractivity contribution < 1.29 is 39.9 Å². The van der Waals surface area contributed by atoms with Crippen LogP contribution in [0.5, 0.6) is 0 Å². The Hall–Kier alpha value is -1.75. The molecule has 0 radical (unpaired) electrons. The summed E-state index contributed by atoms with van der Waals surface area (Å²) in [5, 5.41) is 45.4. The van der Waals surface area contributed by atoms with E-state index in [1.54, 1.807) is 4.90 Å². The molecule has 0 heterocycles. The van der Waals surface area contributed by atoms with Crippen LogP contribution in [0.4, 0.5) is 0 Å². The van der Waals surface area contributed by atoms with Gasteiger partial charge >= 0.3 is 11.9 Å². The molecule has 0 aromatic heterocycles. The van der Waals surface area contributed by atoms with E-state index in [0.29, 0.717) is 26.1 Å². The fraction of sp³-hybridized carbons (Fsp3) is 0.880. The van der Waals surface area contributed by atoms with E-state index in [0.717, 1.165) is 19.3 Å². The third-order valence-corrected chi connectivity index (χ3v) is 5.54. The van der Waals surface area contributed by atoms with Gasteiger partial charge in [0, 0.05) is 32.5 Å². The highest BCUT2D eigenvalue weighted by Gasteiger charge is 2.20. The lowest BCUT2D eigenvalue weighted by molar-refractivity contribution is -0.143. The third kappa shape index (κ3) is 26.7. The molecule has 208 valence electrons. The van der Waals surface area contributed by atoms with Gasteiger partial charge in [0.15, 0.2) is 0 Å². The van der Waals surface area contributed by atoms with Crippen molar-refractivity contribution in [3.8, 4) is 0 Å². The van der Waals surface area contributed by atoms with Gasteiger partial charge in [0.2, 0.25) is 5.91 Å². The Kier molecular flexibility index (Phi) is 27.2. The smallest absolute Gasteiger partial charge is 0.326 e. The van der Waals surface area contributed by atoms with Crippen LogP contribution in [0.2, 0.25) is 0 Å². The Morgan fingerprint density at radius 3 is 1.49 bits per heavy atom. The van der Waals surface area contributed by atoms with Gasteiger partial charge in [0.1, 0.15) is 6.04 Å². The normalized spacial score (nSPS) is 11.6. The average Bonchev–Trinajstić information content (AvgIpc) is 2.81. The van der Waals surface area contributed by atoms with Gasteiger partial charge in [-0.3, -0.25) is 14.5 Å². The second kappa shape index (κ2) is 26.8. The number of unbranched alkanes of at least 4 members (excludes halogenated alkanes) is 10. The first kappa shape index (κ1) is 35.4. The van der Waals surface area contributed by atoms with Crippen LogP contribution in [0.3, 0.4) is 0 Å². The fourth-order valence-electron chi connectivity index (χ4n) is 3.50. The van der Waals surface area contributed by atoms with Crippen LogP contribution in [0.15, 0.2) is 0 Å². The molecular formula is C25H50N2O8. The van der Waals surface area contributed by atoms with E-state index >= 15 is 0 Å². The van der Waals surface area contributed by atoms with Crippen molar-refractivity contribution >= 4 is 17.8 Å². The van der Waals surface area contributed by atoms with Crippen LogP contribution in [-0.2, 0) is 14.4 Å². The van der Waals surface area contributed by atoms with Gasteiger partial charge < -0.3 is 30.8 Å². The number of hydrogen-bond acceptors (Lipinski definition) is 7. The highest BCUT2D eigenvalue weighted by Crippen LogP contribution is 2.12. The van der Waals surface area contributed by atoms with E-state index in [2.05, 4.69) is 12.2 Å². The minimum Gasteiger partial charge on any atom is -0.481 e. The summed E-state index contributed by atoms with van der Waals surface area (Å²) in [5.74, 6) is -2.56. The highest BCUT2D eigenvalue weighted by atomic mass is 16.4. The Balaban J connectivity index is 0. The summed E-state index contributed by atoms with van der Waals surface area (Å²) in [6.45, 7) is 3.97. The molecule has 0 aliphatic heterocycles. The van der Waals surface area contributed by atoms with Gasteiger partial charge in [0.05, 0.1) is 19.8 Å². The second-order valence-corrected chi connectivity index (χ2v) is 8.69. The molecule has 0 rings (SSSR count). The fourth-order valence-corrected chi connectivity index (χ4v) is 3.50. The second-order valence-electron chi connectivity index (χ2n) is 8.69. The molecule has 0 fully saturated rings. The van der Waals surface area contributed by atoms with E-state index in [-0.39, 0.29) is 38.6 Å². The topological polar surface area (TPSA) is 168 Å². The number of amides is 1. The Morgan fingerprint density at radius 1 is 0.686 bits per heavy atom. The number of rotatable bonds is 23. The molecule has 10 heteroatoms. The Labute approximate surface area is 210 Å². The number of aliphatic carboxylic acids is 2. The molecule has 0 aromatic carbocycles. The van der Waals surface area contributed by atoms with E-state index in [9.17, 15) is 14.4 Å². The first-order valence-corrected chi connectivity index (χ1v) is 13.1. The van der Waals surface area contributed by atoms with Crippen molar-refractivity contribution in [1.82, 2.24) is 10.2 Å². The van der Waals surface area contributed by atoms with E-state index in [4.69, 9.17) is 25.5 Å². The van der Waals surface area contributed by atoms with Crippen LogP contribution < -0.4 is 5.32 Å². The number of carbonyl (C=O) groups excluding carboxylic acids is 1. The number of carbonyl (C=O) groups is 3. The van der Waals surface area contributed by atoms with Crippen molar-refractivity contribution in [2.24, 2.45) is 0 Å². The molecule has 1 amide bonds. The van der Waals surface area contributed by atoms with Gasteiger partial charge in [-0.05, 0) is 12.8 Å². The molecule has 6 N–H and O–H groups in total. The number of nitrogens with one attached hydrogen (secondary N) is 1. The molecule has 0 aliphatic rings. The number of hydrogen-bond donors (Lipinski definition) is 6. The molecule has 0 saturated carbocycles. The lowest BCUT2D eigenvalue weighted by Crippen LogP contribution is -2.41. The van der Waals surface area contributed by atoms with Gasteiger partial charge in [-0.1, -0.05) is 71.1 Å². The molecule has 10 nitrogen and oxygen atoms in total. The van der Waals surface area contributed by atoms with Crippen LogP contribution in [-0.4, -0.2) is 93.8 Å². The molecule has 35 heavy (non-hydrogen) atoms. The number of carboxylic acids is 2. The minimum absolute atomic E-state index is 0.0694. The maximum atomic E-state index is 11.7. The van der Waals surface area contributed by atoms with Crippen molar-refractivity contribution in [1.29, 1.82) is 0 Å². The summed E-state index contributed by atoms with van der Waals surface area (Å²) < 4.78 is 0. The number of nitrogens with zero attached hydrogens (tertiary/aromatic N) is 1. The van der Waals surface area contributed by atoms with Gasteiger partial charge in [-0.15, -0.1) is 0 Å². The summed E-state index contributed by atoms with van der Waals surface area (Å²) in [6, 6.07) is -1.11. The summed E-state index contributed by atoms with van der Waals surface area (Å²) >= 11 is 0. The average molecular weight is 507 g/mol. The monoisotopic (exact) mass is 506 g/mol. The highest BCUT2D eigenvalue weighted by molar-refractivity contribution is 5.83. The summed E-state index contributed by atoms with van der Waals surface area (Å²) in [6.07, 6.45) is 13.1. The minimum atomic E-state index is -1.19. The number of aliphatic hydroxyl groups is 3. The zero-order valence-corrected chi connectivity index (χ0v) is 21.6. The van der Waals surface area contributed by atoms with Gasteiger partial charge in [0.25, 0.3) is 0 Å². The van der Waals surface area contributed by atoms with Crippen LogP contribution in [0.25, 0.3) is 0 Å². The summed E-state index contributed by atoms with van der Waals surface area (Å²) in [7, 11) is 0. The van der Waals surface area contributed by atoms with Crippen LogP contribution in [0.1, 0.15) is 96.8 Å². The van der Waals surface area contributed by atoms with Crippen molar-refractivity contribution in [2.45, 2.75) is 103 Å². The van der Waals surface area contributed by atoms with Gasteiger partial charge in [-0.25, -0.2) is 4.79 Å². The van der Waals surface area contributed by atoms with Crippen LogP contribution in [0, 0.1) is 0 Å². The molecule has 0 aliphatic carbocycles. The Morgan fingerprint density at radius 2 is 1.11 bits per heavy atom. The lowest BCUT2D eigenvalue weighted by atomic mass is 10.0. The van der Waals surface area contributed by atoms with Crippen molar-refractivity contribution in [3.63, 3.8) is 0 Å². The van der Waals surface area contributed by atoms with E-state index in [1.807, 2.05) is 0 Å². The molecular weight excluding hydrogens is 456 g/mol. The molecule has 0 spiro atoms. The maximum absolute atomic E-state index is 11.7. The molecule has 0 unspecified atom stereocenters. The molecule has 1 atom stereocenters. The number of carboxylic acid groups (broad SMARTS) is 2. The quantitative estimate of drug-likeness (QED) is 0.114. The third-order valence-electron chi connectivity index (χ3n) is 5.54. The van der Waals surface area contributed by atoms with Gasteiger partial charge in [-0.2, -0.15) is 0 Å². The lowest BCUT2D eigenvalue weighted by Gasteiger charge is -2.17. The van der Waals surface area contributed by atoms with Crippen molar-refractivity contribution in [2.75, 3.05) is 39.5 Å². The molecule has 0 saturated heterocycles. The predicted molar refractivity (Wildman–Crippen MR) is 135 cm³/mol. The predicted octanol–water partition coefficient (Wildman–Crippen LogP) is 2.39. The first-order chi connectivity index (χ1) is 16.8. The molecule has 0 aromatic rings. The Bertz CT molecular complexity index is 505. The SMILES string of the molecule is CCCCCCCCCCCCCC(=O)N[C@@H](CCC(=O)O)C(=O)O.OCCN(CCO)CCO. The van der Waals surface area contributed by atoms with Crippen LogP contribution >= 0.6 is 0 Å². The largest absolute Gasteiger partial charge is 0.481 e. The first-order valence-electron chi connectivity index (χ1n) is 13.1. The standard InChI is InChI=1S/C19H35NO5.C6H15NO3/c1-2-3-4-5-6-7-8-9-10-11-12-13-17(21)20-16(19(24)25)14-15-18(22)23;8-4-1-7(2-5-9)3-6-10/h16H,2-15H2,1H3,(H,20,21)(H,22,23)(H,24,25);8-10H,1-6H2/t16-;/m0./s1.